The lowest BCUT2D eigenvalue weighted by Crippen LogP contribution is -2.35. The van der Waals surface area contributed by atoms with E-state index in [2.05, 4.69) is 11.2 Å². The van der Waals surface area contributed by atoms with Gasteiger partial charge < -0.3 is 11.1 Å². The van der Waals surface area contributed by atoms with E-state index >= 15 is 0 Å². The minimum atomic E-state index is -0.225. The molecule has 0 unspecified atom stereocenters. The average Bonchev–Trinajstić information content (AvgIpc) is 1.98. The van der Waals surface area contributed by atoms with Gasteiger partial charge in [-0.25, -0.2) is 0 Å². The second kappa shape index (κ2) is 5.90. The van der Waals surface area contributed by atoms with Crippen LogP contribution in [-0.2, 0) is 4.79 Å². The number of hydrogen-bond donors (Lipinski definition) is 2. The predicted octanol–water partition coefficient (Wildman–Crippen LogP) is 0.206. The van der Waals surface area contributed by atoms with E-state index in [0.717, 1.165) is 5.75 Å². The Kier molecular flexibility index (Phi) is 5.60. The maximum Gasteiger partial charge on any atom is 0.230 e. The van der Waals surface area contributed by atoms with Gasteiger partial charge in [0.25, 0.3) is 0 Å². The third-order valence-electron chi connectivity index (χ3n) is 1.09. The SMILES string of the molecule is C#CCNC(=O)CSCC(C)(C)N. The van der Waals surface area contributed by atoms with Crippen molar-refractivity contribution < 1.29 is 4.79 Å². The Labute approximate surface area is 83.8 Å². The molecule has 4 heteroatoms. The molecule has 0 saturated carbocycles. The highest BCUT2D eigenvalue weighted by Gasteiger charge is 2.11. The number of nitrogens with one attached hydrogen (secondary N) is 1. The highest BCUT2D eigenvalue weighted by molar-refractivity contribution is 8.00. The molecule has 0 aromatic rings. The number of terminal acetylenes is 1. The van der Waals surface area contributed by atoms with Crippen molar-refractivity contribution in [1.82, 2.24) is 5.32 Å². The quantitative estimate of drug-likeness (QED) is 0.624. The molecular weight excluding hydrogens is 184 g/mol. The molecule has 1 amide bonds. The van der Waals surface area contributed by atoms with Gasteiger partial charge in [0.15, 0.2) is 0 Å². The van der Waals surface area contributed by atoms with Crippen LogP contribution in [0.3, 0.4) is 0 Å². The molecule has 0 aromatic carbocycles. The van der Waals surface area contributed by atoms with Crippen molar-refractivity contribution in [1.29, 1.82) is 0 Å². The molecule has 3 N–H and O–H groups in total. The van der Waals surface area contributed by atoms with Gasteiger partial charge in [0.05, 0.1) is 12.3 Å². The van der Waals surface area contributed by atoms with Crippen molar-refractivity contribution in [2.75, 3.05) is 18.1 Å². The first-order chi connectivity index (χ1) is 5.95. The van der Waals surface area contributed by atoms with E-state index in [1.807, 2.05) is 13.8 Å². The molecule has 0 bridgehead atoms. The molecule has 0 aliphatic carbocycles. The van der Waals surface area contributed by atoms with Crippen LogP contribution < -0.4 is 11.1 Å². The average molecular weight is 200 g/mol. The Balaban J connectivity index is 3.44. The van der Waals surface area contributed by atoms with Gasteiger partial charge in [0, 0.05) is 11.3 Å². The Morgan fingerprint density at radius 2 is 2.31 bits per heavy atom. The van der Waals surface area contributed by atoms with Crippen molar-refractivity contribution in [2.24, 2.45) is 5.73 Å². The Morgan fingerprint density at radius 3 is 2.77 bits per heavy atom. The van der Waals surface area contributed by atoms with E-state index in [4.69, 9.17) is 12.2 Å². The molecule has 0 heterocycles. The molecule has 0 aliphatic heterocycles. The fourth-order valence-electron chi connectivity index (χ4n) is 0.607. The van der Waals surface area contributed by atoms with Crippen LogP contribution in [0.15, 0.2) is 0 Å². The molecule has 0 fully saturated rings. The first kappa shape index (κ1) is 12.3. The summed E-state index contributed by atoms with van der Waals surface area (Å²) in [4.78, 5) is 11.0. The van der Waals surface area contributed by atoms with Gasteiger partial charge in [-0.2, -0.15) is 11.8 Å². The number of amides is 1. The van der Waals surface area contributed by atoms with Crippen LogP contribution in [0, 0.1) is 12.3 Å². The third kappa shape index (κ3) is 9.25. The van der Waals surface area contributed by atoms with Crippen LogP contribution in [0.2, 0.25) is 0 Å². The zero-order chi connectivity index (χ0) is 10.3. The van der Waals surface area contributed by atoms with Gasteiger partial charge in [-0.1, -0.05) is 5.92 Å². The van der Waals surface area contributed by atoms with E-state index < -0.39 is 0 Å². The molecule has 0 aliphatic rings. The van der Waals surface area contributed by atoms with Gasteiger partial charge >= 0.3 is 0 Å². The summed E-state index contributed by atoms with van der Waals surface area (Å²) in [6, 6.07) is 0. The van der Waals surface area contributed by atoms with Crippen LogP contribution in [-0.4, -0.2) is 29.5 Å². The van der Waals surface area contributed by atoms with Crippen molar-refractivity contribution in [3.63, 3.8) is 0 Å². The first-order valence-corrected chi connectivity index (χ1v) is 5.18. The summed E-state index contributed by atoms with van der Waals surface area (Å²) in [6.07, 6.45) is 4.98. The normalized spacial score (nSPS) is 10.6. The first-order valence-electron chi connectivity index (χ1n) is 4.02. The lowest BCUT2D eigenvalue weighted by molar-refractivity contribution is -0.118. The van der Waals surface area contributed by atoms with E-state index in [-0.39, 0.29) is 11.4 Å². The lowest BCUT2D eigenvalue weighted by atomic mass is 10.1. The standard InChI is InChI=1S/C9H16N2OS/c1-4-5-11-8(12)6-13-7-9(2,3)10/h1H,5-7,10H2,2-3H3,(H,11,12). The molecule has 74 valence electrons. The summed E-state index contributed by atoms with van der Waals surface area (Å²) < 4.78 is 0. The van der Waals surface area contributed by atoms with E-state index in [1.54, 1.807) is 0 Å². The van der Waals surface area contributed by atoms with Crippen LogP contribution in [0.4, 0.5) is 0 Å². The van der Waals surface area contributed by atoms with Crippen molar-refractivity contribution in [2.45, 2.75) is 19.4 Å². The minimum absolute atomic E-state index is 0.0350. The molecule has 0 radical (unpaired) electrons. The number of rotatable bonds is 5. The van der Waals surface area contributed by atoms with Gasteiger partial charge in [-0.05, 0) is 13.8 Å². The van der Waals surface area contributed by atoms with E-state index in [9.17, 15) is 4.79 Å². The van der Waals surface area contributed by atoms with Crippen molar-refractivity contribution in [3.8, 4) is 12.3 Å². The van der Waals surface area contributed by atoms with E-state index in [0.29, 0.717) is 12.3 Å². The molecule has 0 atom stereocenters. The molecule has 3 nitrogen and oxygen atoms in total. The second-order valence-corrected chi connectivity index (χ2v) is 4.45. The van der Waals surface area contributed by atoms with Gasteiger partial charge in [0.2, 0.25) is 5.91 Å². The maximum atomic E-state index is 11.0. The Bertz CT molecular complexity index is 203. The molecule has 0 saturated heterocycles. The largest absolute Gasteiger partial charge is 0.344 e. The highest BCUT2D eigenvalue weighted by Crippen LogP contribution is 2.08. The number of carbonyl (C=O) groups excluding carboxylic acids is 1. The zero-order valence-corrected chi connectivity index (χ0v) is 8.91. The monoisotopic (exact) mass is 200 g/mol. The highest BCUT2D eigenvalue weighted by atomic mass is 32.2. The Hall–Kier alpha value is -0.660. The van der Waals surface area contributed by atoms with Gasteiger partial charge in [-0.3, -0.25) is 4.79 Å². The molecule has 0 spiro atoms. The number of nitrogens with two attached hydrogens (primary N) is 1. The fraction of sp³-hybridized carbons (Fsp3) is 0.667. The van der Waals surface area contributed by atoms with E-state index in [1.165, 1.54) is 11.8 Å². The topological polar surface area (TPSA) is 55.1 Å². The molecule has 13 heavy (non-hydrogen) atoms. The maximum absolute atomic E-state index is 11.0. The van der Waals surface area contributed by atoms with Crippen molar-refractivity contribution >= 4 is 17.7 Å². The van der Waals surface area contributed by atoms with Gasteiger partial charge in [0.1, 0.15) is 0 Å². The van der Waals surface area contributed by atoms with Crippen LogP contribution in [0.25, 0.3) is 0 Å². The van der Waals surface area contributed by atoms with Crippen LogP contribution >= 0.6 is 11.8 Å². The smallest absolute Gasteiger partial charge is 0.230 e. The van der Waals surface area contributed by atoms with Gasteiger partial charge in [-0.15, -0.1) is 6.42 Å². The predicted molar refractivity (Wildman–Crippen MR) is 57.4 cm³/mol. The third-order valence-corrected chi connectivity index (χ3v) is 2.51. The lowest BCUT2D eigenvalue weighted by Gasteiger charge is -2.16. The number of hydrogen-bond acceptors (Lipinski definition) is 3. The minimum Gasteiger partial charge on any atom is -0.344 e. The number of carbonyl (C=O) groups is 1. The number of thioether (sulfide) groups is 1. The summed E-state index contributed by atoms with van der Waals surface area (Å²) in [7, 11) is 0. The Morgan fingerprint density at radius 1 is 1.69 bits per heavy atom. The molecular formula is C9H16N2OS. The molecule has 0 rings (SSSR count). The summed E-state index contributed by atoms with van der Waals surface area (Å²) in [6.45, 7) is 4.16. The second-order valence-electron chi connectivity index (χ2n) is 3.46. The molecule has 0 aromatic heterocycles. The van der Waals surface area contributed by atoms with Crippen molar-refractivity contribution in [3.05, 3.63) is 0 Å². The van der Waals surface area contributed by atoms with Crippen LogP contribution in [0.5, 0.6) is 0 Å². The summed E-state index contributed by atoms with van der Waals surface area (Å²) in [5, 5.41) is 2.58. The summed E-state index contributed by atoms with van der Waals surface area (Å²) in [5.74, 6) is 3.48. The summed E-state index contributed by atoms with van der Waals surface area (Å²) in [5.41, 5.74) is 5.51. The van der Waals surface area contributed by atoms with Crippen LogP contribution in [0.1, 0.15) is 13.8 Å². The zero-order valence-electron chi connectivity index (χ0n) is 8.09. The summed E-state index contributed by atoms with van der Waals surface area (Å²) >= 11 is 1.51. The fourth-order valence-corrected chi connectivity index (χ4v) is 1.52.